The molecule has 2 saturated carbocycles. The first-order valence-corrected chi connectivity index (χ1v) is 7.04. The molecule has 0 spiro atoms. The first-order chi connectivity index (χ1) is 8.37. The Kier molecular flexibility index (Phi) is 3.85. The zero-order chi connectivity index (χ0) is 13.3. The van der Waals surface area contributed by atoms with Crippen molar-refractivity contribution < 1.29 is 14.6 Å². The molecule has 0 saturated heterocycles. The highest BCUT2D eigenvalue weighted by molar-refractivity contribution is 5.69. The van der Waals surface area contributed by atoms with Crippen molar-refractivity contribution in [2.45, 2.75) is 70.6 Å². The zero-order valence-electron chi connectivity index (χ0n) is 11.7. The number of carbonyl (C=O) groups is 1. The Morgan fingerprint density at radius 1 is 1.33 bits per heavy atom. The van der Waals surface area contributed by atoms with Crippen molar-refractivity contribution in [3.05, 3.63) is 0 Å². The summed E-state index contributed by atoms with van der Waals surface area (Å²) < 4.78 is 5.41. The van der Waals surface area contributed by atoms with Crippen LogP contribution in [0.25, 0.3) is 0 Å². The van der Waals surface area contributed by atoms with E-state index < -0.39 is 5.60 Å². The van der Waals surface area contributed by atoms with Gasteiger partial charge in [-0.15, -0.1) is 0 Å². The Balaban J connectivity index is 1.88. The first kappa shape index (κ1) is 13.7. The summed E-state index contributed by atoms with van der Waals surface area (Å²) in [5, 5.41) is 10.1. The van der Waals surface area contributed by atoms with Crippen LogP contribution in [-0.2, 0) is 4.74 Å². The molecule has 104 valence electrons. The molecule has 0 radical (unpaired) electrons. The first-order valence-electron chi connectivity index (χ1n) is 7.04. The average Bonchev–Trinajstić information content (AvgIpc) is 2.90. The summed E-state index contributed by atoms with van der Waals surface area (Å²) in [5.74, 6) is 0.383. The second-order valence-corrected chi connectivity index (χ2v) is 6.62. The van der Waals surface area contributed by atoms with E-state index in [4.69, 9.17) is 4.74 Å². The van der Waals surface area contributed by atoms with E-state index in [1.165, 1.54) is 6.42 Å². The van der Waals surface area contributed by atoms with Gasteiger partial charge in [0, 0.05) is 6.04 Å². The molecule has 0 aromatic heterocycles. The molecule has 1 unspecified atom stereocenters. The Morgan fingerprint density at radius 3 is 2.33 bits per heavy atom. The molecule has 18 heavy (non-hydrogen) atoms. The quantitative estimate of drug-likeness (QED) is 0.840. The van der Waals surface area contributed by atoms with Gasteiger partial charge in [-0.05, 0) is 52.4 Å². The predicted molar refractivity (Wildman–Crippen MR) is 69.3 cm³/mol. The molecule has 0 heterocycles. The third-order valence-electron chi connectivity index (χ3n) is 3.69. The second kappa shape index (κ2) is 5.08. The molecule has 1 N–H and O–H groups in total. The highest BCUT2D eigenvalue weighted by Gasteiger charge is 2.38. The molecule has 4 heteroatoms. The Hall–Kier alpha value is -0.770. The second-order valence-electron chi connectivity index (χ2n) is 6.62. The molecule has 2 aliphatic rings. The van der Waals surface area contributed by atoms with Crippen molar-refractivity contribution in [3.8, 4) is 0 Å². The van der Waals surface area contributed by atoms with Gasteiger partial charge in [-0.3, -0.25) is 0 Å². The number of aliphatic hydroxyl groups is 1. The van der Waals surface area contributed by atoms with Crippen LogP contribution in [0.3, 0.4) is 0 Å². The van der Waals surface area contributed by atoms with Crippen LogP contribution in [0.2, 0.25) is 0 Å². The molecular weight excluding hydrogens is 230 g/mol. The minimum Gasteiger partial charge on any atom is -0.444 e. The fraction of sp³-hybridized carbons (Fsp3) is 0.929. The van der Waals surface area contributed by atoms with Crippen molar-refractivity contribution in [1.82, 2.24) is 4.90 Å². The minimum absolute atomic E-state index is 0.275. The van der Waals surface area contributed by atoms with Crippen LogP contribution >= 0.6 is 0 Å². The van der Waals surface area contributed by atoms with Gasteiger partial charge in [0.15, 0.2) is 0 Å². The van der Waals surface area contributed by atoms with Gasteiger partial charge in [0.2, 0.25) is 0 Å². The molecular formula is C14H25NO3. The number of carbonyl (C=O) groups excluding carboxylic acids is 1. The molecule has 1 atom stereocenters. The van der Waals surface area contributed by atoms with Crippen LogP contribution in [0.5, 0.6) is 0 Å². The van der Waals surface area contributed by atoms with E-state index in [-0.39, 0.29) is 18.2 Å². The molecule has 4 nitrogen and oxygen atoms in total. The standard InChI is InChI=1S/C14H25NO3/c1-14(2,3)18-13(17)15(11-7-8-11)9-12(16)10-5-4-6-10/h10-12,16H,4-9H2,1-3H3. The van der Waals surface area contributed by atoms with Crippen molar-refractivity contribution in [2.24, 2.45) is 5.92 Å². The fourth-order valence-electron chi connectivity index (χ4n) is 2.25. The van der Waals surface area contributed by atoms with Crippen molar-refractivity contribution in [1.29, 1.82) is 0 Å². The van der Waals surface area contributed by atoms with Gasteiger partial charge in [-0.1, -0.05) is 6.42 Å². The maximum absolute atomic E-state index is 12.1. The highest BCUT2D eigenvalue weighted by Crippen LogP contribution is 2.33. The number of rotatable bonds is 4. The Bertz CT molecular complexity index is 303. The largest absolute Gasteiger partial charge is 0.444 e. The summed E-state index contributed by atoms with van der Waals surface area (Å²) in [6.45, 7) is 6.05. The van der Waals surface area contributed by atoms with Gasteiger partial charge in [-0.2, -0.15) is 0 Å². The predicted octanol–water partition coefficient (Wildman–Crippen LogP) is 2.55. The van der Waals surface area contributed by atoms with Crippen molar-refractivity contribution in [3.63, 3.8) is 0 Å². The van der Waals surface area contributed by atoms with Gasteiger partial charge in [0.1, 0.15) is 5.60 Å². The van der Waals surface area contributed by atoms with E-state index >= 15 is 0 Å². The van der Waals surface area contributed by atoms with Gasteiger partial charge in [-0.25, -0.2) is 4.79 Å². The number of ether oxygens (including phenoxy) is 1. The number of aliphatic hydroxyl groups excluding tert-OH is 1. The van der Waals surface area contributed by atoms with Gasteiger partial charge >= 0.3 is 6.09 Å². The van der Waals surface area contributed by atoms with E-state index in [1.54, 1.807) is 4.90 Å². The van der Waals surface area contributed by atoms with E-state index in [1.807, 2.05) is 20.8 Å². The van der Waals surface area contributed by atoms with Crippen LogP contribution in [0.15, 0.2) is 0 Å². The van der Waals surface area contributed by atoms with Gasteiger partial charge < -0.3 is 14.7 Å². The minimum atomic E-state index is -0.467. The highest BCUT2D eigenvalue weighted by atomic mass is 16.6. The zero-order valence-corrected chi connectivity index (χ0v) is 11.7. The molecule has 2 rings (SSSR count). The van der Waals surface area contributed by atoms with E-state index in [0.29, 0.717) is 12.5 Å². The monoisotopic (exact) mass is 255 g/mol. The van der Waals surface area contributed by atoms with Gasteiger partial charge in [0.05, 0.1) is 12.6 Å². The Labute approximate surface area is 109 Å². The summed E-state index contributed by atoms with van der Waals surface area (Å²) >= 11 is 0. The Morgan fingerprint density at radius 2 is 1.94 bits per heavy atom. The average molecular weight is 255 g/mol. The lowest BCUT2D eigenvalue weighted by molar-refractivity contribution is -0.00438. The molecule has 0 aromatic carbocycles. The third-order valence-corrected chi connectivity index (χ3v) is 3.69. The lowest BCUT2D eigenvalue weighted by Gasteiger charge is -2.34. The number of nitrogens with zero attached hydrogens (tertiary/aromatic N) is 1. The topological polar surface area (TPSA) is 49.8 Å². The molecule has 0 aliphatic heterocycles. The normalized spacial score (nSPS) is 22.2. The van der Waals surface area contributed by atoms with Crippen molar-refractivity contribution >= 4 is 6.09 Å². The molecule has 0 aromatic rings. The SMILES string of the molecule is CC(C)(C)OC(=O)N(CC(O)C1CCC1)C1CC1. The molecule has 2 fully saturated rings. The number of hydrogen-bond donors (Lipinski definition) is 1. The summed E-state index contributed by atoms with van der Waals surface area (Å²) in [6.07, 6.45) is 4.81. The van der Waals surface area contributed by atoms with E-state index in [9.17, 15) is 9.90 Å². The van der Waals surface area contributed by atoms with Crippen LogP contribution in [0, 0.1) is 5.92 Å². The number of hydrogen-bond acceptors (Lipinski definition) is 3. The van der Waals surface area contributed by atoms with Crippen LogP contribution in [0.1, 0.15) is 52.9 Å². The maximum atomic E-state index is 12.1. The van der Waals surface area contributed by atoms with Crippen molar-refractivity contribution in [2.75, 3.05) is 6.54 Å². The van der Waals surface area contributed by atoms with Gasteiger partial charge in [0.25, 0.3) is 0 Å². The maximum Gasteiger partial charge on any atom is 0.410 e. The third kappa shape index (κ3) is 3.61. The smallest absolute Gasteiger partial charge is 0.410 e. The van der Waals surface area contributed by atoms with E-state index in [2.05, 4.69) is 0 Å². The summed E-state index contributed by atoms with van der Waals surface area (Å²) in [6, 6.07) is 0.287. The summed E-state index contributed by atoms with van der Waals surface area (Å²) in [7, 11) is 0. The molecule has 1 amide bonds. The number of amides is 1. The fourth-order valence-corrected chi connectivity index (χ4v) is 2.25. The lowest BCUT2D eigenvalue weighted by Crippen LogP contribution is -2.45. The lowest BCUT2D eigenvalue weighted by atomic mass is 9.81. The summed E-state index contributed by atoms with van der Waals surface area (Å²) in [5.41, 5.74) is -0.467. The molecule has 2 aliphatic carbocycles. The molecule has 0 bridgehead atoms. The van der Waals surface area contributed by atoms with E-state index in [0.717, 1.165) is 25.7 Å². The van der Waals surface area contributed by atoms with Crippen LogP contribution in [-0.4, -0.2) is 40.4 Å². The van der Waals surface area contributed by atoms with Crippen LogP contribution < -0.4 is 0 Å². The van der Waals surface area contributed by atoms with Crippen LogP contribution in [0.4, 0.5) is 4.79 Å². The summed E-state index contributed by atoms with van der Waals surface area (Å²) in [4.78, 5) is 13.8.